The molecule has 0 atom stereocenters. The minimum Gasteiger partial charge on any atom is -0.420 e. The second-order valence-corrected chi connectivity index (χ2v) is 5.32. The van der Waals surface area contributed by atoms with E-state index in [9.17, 15) is 0 Å². The number of halogens is 4. The Balaban J connectivity index is 1.90. The van der Waals surface area contributed by atoms with Gasteiger partial charge in [0.15, 0.2) is 11.5 Å². The molecule has 0 radical (unpaired) electrons. The Kier molecular flexibility index (Phi) is 5.10. The Hall–Kier alpha value is -2.00. The van der Waals surface area contributed by atoms with E-state index in [1.165, 1.54) is 0 Å². The molecular weight excluding hydrogens is 402 g/mol. The van der Waals surface area contributed by atoms with Gasteiger partial charge in [0.1, 0.15) is 0 Å². The van der Waals surface area contributed by atoms with Crippen molar-refractivity contribution in [3.63, 3.8) is 0 Å². The fraction of sp³-hybridized carbons (Fsp3) is 0. The molecule has 0 aliphatic carbocycles. The third-order valence-corrected chi connectivity index (χ3v) is 3.05. The van der Waals surface area contributed by atoms with Crippen molar-refractivity contribution >= 4 is 46.4 Å². The first-order chi connectivity index (χ1) is 11.5. The van der Waals surface area contributed by atoms with Gasteiger partial charge in [0, 0.05) is 0 Å². The zero-order valence-electron chi connectivity index (χ0n) is 11.3. The summed E-state index contributed by atoms with van der Waals surface area (Å²) in [7, 11) is 0. The summed E-state index contributed by atoms with van der Waals surface area (Å²) >= 11 is 22.8. The van der Waals surface area contributed by atoms with Crippen LogP contribution in [0.3, 0.4) is 0 Å². The molecule has 8 nitrogen and oxygen atoms in total. The lowest BCUT2D eigenvalue weighted by molar-refractivity contribution is 0.382. The van der Waals surface area contributed by atoms with E-state index >= 15 is 0 Å². The number of aromatic nitrogens is 6. The number of nitrogens with zero attached hydrogens (tertiary/aromatic N) is 6. The fourth-order valence-electron chi connectivity index (χ4n) is 1.52. The van der Waals surface area contributed by atoms with Crippen LogP contribution in [0.2, 0.25) is 21.1 Å². The first-order valence-electron chi connectivity index (χ1n) is 6.08. The standard InChI is InChI=1S/C12H4Cl4N6O2/c13-7-17-8(14)20-11(19-7)23-5-3-1-2-4-6(5)24-12-21-9(15)18-10(16)22-12/h1-4H. The number of rotatable bonds is 4. The van der Waals surface area contributed by atoms with E-state index in [4.69, 9.17) is 55.9 Å². The summed E-state index contributed by atoms with van der Waals surface area (Å²) in [5.74, 6) is 0.506. The molecule has 0 aliphatic rings. The van der Waals surface area contributed by atoms with E-state index in [1.54, 1.807) is 24.3 Å². The highest BCUT2D eigenvalue weighted by Crippen LogP contribution is 2.33. The highest BCUT2D eigenvalue weighted by molar-refractivity contribution is 6.31. The third-order valence-electron chi connectivity index (χ3n) is 2.37. The van der Waals surface area contributed by atoms with Gasteiger partial charge in [-0.3, -0.25) is 0 Å². The van der Waals surface area contributed by atoms with Crippen molar-refractivity contribution in [1.82, 2.24) is 29.9 Å². The smallest absolute Gasteiger partial charge is 0.327 e. The van der Waals surface area contributed by atoms with Crippen molar-refractivity contribution in [2.45, 2.75) is 0 Å². The Bertz CT molecular complexity index is 784. The van der Waals surface area contributed by atoms with Crippen molar-refractivity contribution in [3.05, 3.63) is 45.4 Å². The largest absolute Gasteiger partial charge is 0.420 e. The fourth-order valence-corrected chi connectivity index (χ4v) is 2.22. The van der Waals surface area contributed by atoms with Gasteiger partial charge in [-0.25, -0.2) is 0 Å². The molecule has 3 aromatic rings. The average Bonchev–Trinajstić information content (AvgIpc) is 2.47. The molecule has 0 aliphatic heterocycles. The predicted molar refractivity (Wildman–Crippen MR) is 86.3 cm³/mol. The van der Waals surface area contributed by atoms with E-state index in [-0.39, 0.29) is 44.7 Å². The van der Waals surface area contributed by atoms with Crippen LogP contribution >= 0.6 is 46.4 Å². The quantitative estimate of drug-likeness (QED) is 0.635. The molecule has 24 heavy (non-hydrogen) atoms. The van der Waals surface area contributed by atoms with Crippen LogP contribution in [0.5, 0.6) is 23.5 Å². The Morgan fingerprint density at radius 1 is 0.542 bits per heavy atom. The average molecular weight is 406 g/mol. The second-order valence-electron chi connectivity index (χ2n) is 3.96. The van der Waals surface area contributed by atoms with Crippen LogP contribution < -0.4 is 9.47 Å². The molecule has 0 saturated carbocycles. The van der Waals surface area contributed by atoms with Crippen molar-refractivity contribution in [2.24, 2.45) is 0 Å². The highest BCUT2D eigenvalue weighted by Gasteiger charge is 2.13. The molecule has 0 saturated heterocycles. The van der Waals surface area contributed by atoms with Gasteiger partial charge in [-0.1, -0.05) is 12.1 Å². The first kappa shape index (κ1) is 16.8. The predicted octanol–water partition coefficient (Wildman–Crippen LogP) is 4.25. The van der Waals surface area contributed by atoms with Gasteiger partial charge in [-0.2, -0.15) is 29.9 Å². The first-order valence-corrected chi connectivity index (χ1v) is 7.59. The summed E-state index contributed by atoms with van der Waals surface area (Å²) in [5.41, 5.74) is 0. The molecule has 0 N–H and O–H groups in total. The van der Waals surface area contributed by atoms with E-state index in [2.05, 4.69) is 29.9 Å². The van der Waals surface area contributed by atoms with Crippen LogP contribution in [-0.4, -0.2) is 29.9 Å². The second kappa shape index (κ2) is 7.27. The van der Waals surface area contributed by atoms with Gasteiger partial charge in [-0.05, 0) is 58.5 Å². The van der Waals surface area contributed by atoms with Crippen LogP contribution in [-0.2, 0) is 0 Å². The van der Waals surface area contributed by atoms with Crippen LogP contribution in [0.15, 0.2) is 24.3 Å². The molecule has 0 spiro atoms. The van der Waals surface area contributed by atoms with Crippen LogP contribution in [0.1, 0.15) is 0 Å². The van der Waals surface area contributed by atoms with E-state index in [1.807, 2.05) is 0 Å². The van der Waals surface area contributed by atoms with Gasteiger partial charge in [-0.15, -0.1) is 0 Å². The van der Waals surface area contributed by atoms with Crippen molar-refractivity contribution in [2.75, 3.05) is 0 Å². The SMILES string of the molecule is Clc1nc(Cl)nc(Oc2ccccc2Oc2nc(Cl)nc(Cl)n2)n1. The molecule has 122 valence electrons. The lowest BCUT2D eigenvalue weighted by Crippen LogP contribution is -1.99. The minimum absolute atomic E-state index is 0.109. The Morgan fingerprint density at radius 3 is 1.21 bits per heavy atom. The van der Waals surface area contributed by atoms with E-state index < -0.39 is 0 Å². The molecule has 12 heteroatoms. The number of para-hydroxylation sites is 2. The number of hydrogen-bond donors (Lipinski definition) is 0. The minimum atomic E-state index is -0.112. The summed E-state index contributed by atoms with van der Waals surface area (Å²) in [6.07, 6.45) is 0. The molecule has 1 aromatic carbocycles. The third kappa shape index (κ3) is 4.30. The maximum atomic E-state index is 5.71. The van der Waals surface area contributed by atoms with Crippen LogP contribution in [0, 0.1) is 0 Å². The number of hydrogen-bond acceptors (Lipinski definition) is 8. The Morgan fingerprint density at radius 2 is 0.875 bits per heavy atom. The Labute approximate surface area is 154 Å². The van der Waals surface area contributed by atoms with Crippen molar-refractivity contribution < 1.29 is 9.47 Å². The zero-order chi connectivity index (χ0) is 17.1. The summed E-state index contributed by atoms with van der Waals surface area (Å²) in [5, 5.41) is -0.447. The summed E-state index contributed by atoms with van der Waals surface area (Å²) in [6.45, 7) is 0. The van der Waals surface area contributed by atoms with E-state index in [0.717, 1.165) is 0 Å². The number of ether oxygens (including phenoxy) is 2. The van der Waals surface area contributed by atoms with Gasteiger partial charge < -0.3 is 9.47 Å². The van der Waals surface area contributed by atoms with Crippen molar-refractivity contribution in [3.8, 4) is 23.5 Å². The molecule has 0 bridgehead atoms. The maximum Gasteiger partial charge on any atom is 0.327 e. The van der Waals surface area contributed by atoms with E-state index in [0.29, 0.717) is 0 Å². The van der Waals surface area contributed by atoms with Crippen LogP contribution in [0.25, 0.3) is 0 Å². The van der Waals surface area contributed by atoms with Crippen molar-refractivity contribution in [1.29, 1.82) is 0 Å². The summed E-state index contributed by atoms with van der Waals surface area (Å²) < 4.78 is 11.0. The molecule has 2 aromatic heterocycles. The lowest BCUT2D eigenvalue weighted by Gasteiger charge is -2.10. The number of benzene rings is 1. The molecule has 0 fully saturated rings. The van der Waals surface area contributed by atoms with Gasteiger partial charge in [0.25, 0.3) is 0 Å². The highest BCUT2D eigenvalue weighted by atomic mass is 35.5. The summed E-state index contributed by atoms with van der Waals surface area (Å²) in [4.78, 5) is 22.5. The topological polar surface area (TPSA) is 95.8 Å². The van der Waals surface area contributed by atoms with Gasteiger partial charge >= 0.3 is 12.0 Å². The molecule has 0 amide bonds. The van der Waals surface area contributed by atoms with Gasteiger partial charge in [0.2, 0.25) is 21.1 Å². The molecule has 0 unspecified atom stereocenters. The molecular formula is C12H4Cl4N6O2. The summed E-state index contributed by atoms with van der Waals surface area (Å²) in [6, 6.07) is 6.40. The van der Waals surface area contributed by atoms with Gasteiger partial charge in [0.05, 0.1) is 0 Å². The molecule has 3 rings (SSSR count). The molecule has 2 heterocycles. The lowest BCUT2D eigenvalue weighted by atomic mass is 10.3. The zero-order valence-corrected chi connectivity index (χ0v) is 14.3. The van der Waals surface area contributed by atoms with Crippen LogP contribution in [0.4, 0.5) is 0 Å². The maximum absolute atomic E-state index is 5.71. The monoisotopic (exact) mass is 404 g/mol. The normalized spacial score (nSPS) is 10.5.